The minimum atomic E-state index is -4.19. The summed E-state index contributed by atoms with van der Waals surface area (Å²) in [5.41, 5.74) is 0. The SMILES string of the molecule is CO[C@H]1CCCC[C@@H]1NC(=O)N1CCCN(CC(F)(F)F)CC1. The summed E-state index contributed by atoms with van der Waals surface area (Å²) in [6.45, 7) is 0.534. The zero-order valence-corrected chi connectivity index (χ0v) is 13.6. The van der Waals surface area contributed by atoms with E-state index in [1.54, 1.807) is 12.0 Å². The van der Waals surface area contributed by atoms with Gasteiger partial charge in [0.2, 0.25) is 0 Å². The van der Waals surface area contributed by atoms with Gasteiger partial charge in [-0.1, -0.05) is 12.8 Å². The molecule has 2 aliphatic rings. The number of urea groups is 1. The molecule has 0 radical (unpaired) electrons. The summed E-state index contributed by atoms with van der Waals surface area (Å²) < 4.78 is 42.8. The smallest absolute Gasteiger partial charge is 0.379 e. The molecule has 2 amide bonds. The predicted molar refractivity (Wildman–Crippen MR) is 80.3 cm³/mol. The van der Waals surface area contributed by atoms with Crippen molar-refractivity contribution in [1.29, 1.82) is 0 Å². The lowest BCUT2D eigenvalue weighted by atomic mass is 9.92. The highest BCUT2D eigenvalue weighted by molar-refractivity contribution is 5.74. The largest absolute Gasteiger partial charge is 0.401 e. The van der Waals surface area contributed by atoms with Gasteiger partial charge in [-0.15, -0.1) is 0 Å². The molecule has 0 aromatic heterocycles. The topological polar surface area (TPSA) is 44.8 Å². The first-order chi connectivity index (χ1) is 10.9. The maximum Gasteiger partial charge on any atom is 0.401 e. The monoisotopic (exact) mass is 337 g/mol. The van der Waals surface area contributed by atoms with E-state index in [2.05, 4.69) is 5.32 Å². The van der Waals surface area contributed by atoms with Crippen LogP contribution in [-0.4, -0.2) is 74.0 Å². The quantitative estimate of drug-likeness (QED) is 0.859. The summed E-state index contributed by atoms with van der Waals surface area (Å²) in [5, 5.41) is 3.00. The molecule has 2 rings (SSSR count). The Balaban J connectivity index is 1.83. The van der Waals surface area contributed by atoms with Crippen LogP contribution in [0.3, 0.4) is 0 Å². The molecule has 23 heavy (non-hydrogen) atoms. The van der Waals surface area contributed by atoms with E-state index < -0.39 is 12.7 Å². The lowest BCUT2D eigenvalue weighted by Crippen LogP contribution is -2.51. The van der Waals surface area contributed by atoms with E-state index in [-0.39, 0.29) is 24.7 Å². The summed E-state index contributed by atoms with van der Waals surface area (Å²) in [7, 11) is 1.65. The number of halogens is 3. The van der Waals surface area contributed by atoms with E-state index in [9.17, 15) is 18.0 Å². The highest BCUT2D eigenvalue weighted by Crippen LogP contribution is 2.21. The normalized spacial score (nSPS) is 27.6. The summed E-state index contributed by atoms with van der Waals surface area (Å²) in [6, 6.07) is -0.191. The summed E-state index contributed by atoms with van der Waals surface area (Å²) >= 11 is 0. The molecular formula is C15H26F3N3O2. The minimum absolute atomic E-state index is 0.00391. The van der Waals surface area contributed by atoms with Crippen LogP contribution in [-0.2, 0) is 4.74 Å². The van der Waals surface area contributed by atoms with Crippen LogP contribution in [0.1, 0.15) is 32.1 Å². The standard InChI is InChI=1S/C15H26F3N3O2/c1-23-13-6-3-2-5-12(13)19-14(22)21-8-4-7-20(9-10-21)11-15(16,17)18/h12-13H,2-11H2,1H3,(H,19,22)/t12-,13-/m0/s1. The van der Waals surface area contributed by atoms with Gasteiger partial charge in [0.05, 0.1) is 18.7 Å². The van der Waals surface area contributed by atoms with E-state index in [0.29, 0.717) is 26.1 Å². The lowest BCUT2D eigenvalue weighted by Gasteiger charge is -2.33. The van der Waals surface area contributed by atoms with Crippen molar-refractivity contribution < 1.29 is 22.7 Å². The average Bonchev–Trinajstić information content (AvgIpc) is 2.71. The van der Waals surface area contributed by atoms with E-state index in [1.807, 2.05) is 0 Å². The first-order valence-corrected chi connectivity index (χ1v) is 8.26. The van der Waals surface area contributed by atoms with Crippen LogP contribution in [0.4, 0.5) is 18.0 Å². The number of hydrogen-bond acceptors (Lipinski definition) is 3. The number of nitrogens with zero attached hydrogens (tertiary/aromatic N) is 2. The van der Waals surface area contributed by atoms with Gasteiger partial charge >= 0.3 is 12.2 Å². The van der Waals surface area contributed by atoms with Gasteiger partial charge in [-0.25, -0.2) is 4.79 Å². The summed E-state index contributed by atoms with van der Waals surface area (Å²) in [4.78, 5) is 15.4. The molecule has 2 atom stereocenters. The second kappa shape index (κ2) is 8.19. The Morgan fingerprint density at radius 2 is 1.87 bits per heavy atom. The molecule has 1 aliphatic carbocycles. The van der Waals surface area contributed by atoms with Crippen LogP contribution in [0, 0.1) is 0 Å². The summed E-state index contributed by atoms with van der Waals surface area (Å²) in [5.74, 6) is 0. The van der Waals surface area contributed by atoms with E-state index >= 15 is 0 Å². The summed E-state index contributed by atoms with van der Waals surface area (Å²) in [6.07, 6.45) is 0.374. The van der Waals surface area contributed by atoms with Gasteiger partial charge < -0.3 is 15.0 Å². The highest BCUT2D eigenvalue weighted by atomic mass is 19.4. The van der Waals surface area contributed by atoms with Crippen LogP contribution in [0.15, 0.2) is 0 Å². The number of hydrogen-bond donors (Lipinski definition) is 1. The molecule has 2 fully saturated rings. The van der Waals surface area contributed by atoms with Crippen LogP contribution < -0.4 is 5.32 Å². The third-order valence-electron chi connectivity index (χ3n) is 4.59. The van der Waals surface area contributed by atoms with E-state index in [0.717, 1.165) is 25.7 Å². The van der Waals surface area contributed by atoms with Gasteiger partial charge in [0, 0.05) is 33.3 Å². The van der Waals surface area contributed by atoms with E-state index in [4.69, 9.17) is 4.74 Å². The molecule has 5 nitrogen and oxygen atoms in total. The maximum absolute atomic E-state index is 12.5. The Bertz CT molecular complexity index is 393. The van der Waals surface area contributed by atoms with Crippen molar-refractivity contribution in [3.05, 3.63) is 0 Å². The molecule has 0 unspecified atom stereocenters. The zero-order valence-electron chi connectivity index (χ0n) is 13.6. The van der Waals surface area contributed by atoms with Crippen LogP contribution in [0.2, 0.25) is 0 Å². The molecule has 1 saturated heterocycles. The van der Waals surface area contributed by atoms with Gasteiger partial charge in [-0.2, -0.15) is 13.2 Å². The molecule has 1 saturated carbocycles. The second-order valence-corrected chi connectivity index (χ2v) is 6.35. The number of rotatable bonds is 3. The number of amides is 2. The Kier molecular flexibility index (Phi) is 6.52. The minimum Gasteiger partial charge on any atom is -0.379 e. The fourth-order valence-corrected chi connectivity index (χ4v) is 3.38. The fourth-order valence-electron chi connectivity index (χ4n) is 3.38. The third-order valence-corrected chi connectivity index (χ3v) is 4.59. The molecule has 0 aromatic rings. The van der Waals surface area contributed by atoms with Gasteiger partial charge in [0.15, 0.2) is 0 Å². The second-order valence-electron chi connectivity index (χ2n) is 6.35. The molecule has 1 aliphatic heterocycles. The first-order valence-electron chi connectivity index (χ1n) is 8.26. The van der Waals surface area contributed by atoms with Gasteiger partial charge in [-0.3, -0.25) is 4.90 Å². The Morgan fingerprint density at radius 1 is 1.13 bits per heavy atom. The number of nitrogens with one attached hydrogen (secondary N) is 1. The molecule has 1 heterocycles. The Hall–Kier alpha value is -1.02. The van der Waals surface area contributed by atoms with Gasteiger partial charge in [-0.05, 0) is 19.3 Å². The third kappa shape index (κ3) is 5.84. The van der Waals surface area contributed by atoms with Crippen molar-refractivity contribution in [2.45, 2.75) is 50.4 Å². The zero-order chi connectivity index (χ0) is 16.9. The Labute approximate surface area is 135 Å². The van der Waals surface area contributed by atoms with Crippen molar-refractivity contribution in [2.24, 2.45) is 0 Å². The first kappa shape index (κ1) is 18.3. The van der Waals surface area contributed by atoms with Gasteiger partial charge in [0.25, 0.3) is 0 Å². The van der Waals surface area contributed by atoms with Crippen molar-refractivity contribution >= 4 is 6.03 Å². The molecule has 0 spiro atoms. The van der Waals surface area contributed by atoms with Crippen LogP contribution in [0.25, 0.3) is 0 Å². The fraction of sp³-hybridized carbons (Fsp3) is 0.933. The molecule has 0 bridgehead atoms. The highest BCUT2D eigenvalue weighted by Gasteiger charge is 2.32. The Morgan fingerprint density at radius 3 is 2.57 bits per heavy atom. The predicted octanol–water partition coefficient (Wildman–Crippen LogP) is 2.22. The number of carbonyl (C=O) groups is 1. The van der Waals surface area contributed by atoms with Gasteiger partial charge in [0.1, 0.15) is 0 Å². The number of ether oxygens (including phenoxy) is 1. The molecule has 134 valence electrons. The van der Waals surface area contributed by atoms with Crippen molar-refractivity contribution in [3.63, 3.8) is 0 Å². The molecule has 8 heteroatoms. The molecule has 1 N–H and O–H groups in total. The van der Waals surface area contributed by atoms with Crippen LogP contribution in [0.5, 0.6) is 0 Å². The van der Waals surface area contributed by atoms with Crippen molar-refractivity contribution in [3.8, 4) is 0 Å². The molecule has 0 aromatic carbocycles. The van der Waals surface area contributed by atoms with Crippen LogP contribution >= 0.6 is 0 Å². The van der Waals surface area contributed by atoms with Crippen molar-refractivity contribution in [1.82, 2.24) is 15.1 Å². The molecular weight excluding hydrogens is 311 g/mol. The maximum atomic E-state index is 12.5. The number of alkyl halides is 3. The lowest BCUT2D eigenvalue weighted by molar-refractivity contribution is -0.145. The number of methoxy groups -OCH3 is 1. The number of carbonyl (C=O) groups excluding carboxylic acids is 1. The van der Waals surface area contributed by atoms with Crippen molar-refractivity contribution in [2.75, 3.05) is 39.8 Å². The average molecular weight is 337 g/mol. The van der Waals surface area contributed by atoms with E-state index in [1.165, 1.54) is 4.90 Å².